The van der Waals surface area contributed by atoms with Crippen LogP contribution in [0.5, 0.6) is 0 Å². The van der Waals surface area contributed by atoms with Crippen LogP contribution in [0.15, 0.2) is 0 Å². The van der Waals surface area contributed by atoms with Crippen molar-refractivity contribution < 1.29 is 14.3 Å². The molecular formula is C12H22O3. The second kappa shape index (κ2) is 5.50. The van der Waals surface area contributed by atoms with Gasteiger partial charge in [-0.05, 0) is 24.7 Å². The fourth-order valence-electron chi connectivity index (χ4n) is 1.61. The van der Waals surface area contributed by atoms with Crippen LogP contribution < -0.4 is 0 Å². The van der Waals surface area contributed by atoms with Crippen molar-refractivity contribution in [2.75, 3.05) is 13.2 Å². The third-order valence-corrected chi connectivity index (χ3v) is 2.38. The molecule has 1 fully saturated rings. The van der Waals surface area contributed by atoms with Crippen LogP contribution in [0, 0.1) is 5.41 Å². The fourth-order valence-corrected chi connectivity index (χ4v) is 1.61. The summed E-state index contributed by atoms with van der Waals surface area (Å²) in [7, 11) is 0. The van der Waals surface area contributed by atoms with E-state index in [1.54, 1.807) is 0 Å². The summed E-state index contributed by atoms with van der Waals surface area (Å²) < 4.78 is 10.7. The maximum Gasteiger partial charge on any atom is 0.306 e. The summed E-state index contributed by atoms with van der Waals surface area (Å²) in [5.74, 6) is -0.114. The van der Waals surface area contributed by atoms with Crippen molar-refractivity contribution in [2.45, 2.75) is 52.6 Å². The van der Waals surface area contributed by atoms with Crippen molar-refractivity contribution in [3.05, 3.63) is 0 Å². The maximum absolute atomic E-state index is 11.4. The van der Waals surface area contributed by atoms with Gasteiger partial charge in [0.15, 0.2) is 0 Å². The lowest BCUT2D eigenvalue weighted by molar-refractivity contribution is -0.151. The van der Waals surface area contributed by atoms with Gasteiger partial charge in [-0.2, -0.15) is 0 Å². The Bertz CT molecular complexity index is 199. The highest BCUT2D eigenvalue weighted by molar-refractivity contribution is 5.70. The number of rotatable bonds is 3. The Balaban J connectivity index is 2.15. The van der Waals surface area contributed by atoms with Gasteiger partial charge in [-0.25, -0.2) is 0 Å². The average Bonchev–Trinajstić information content (AvgIpc) is 2.14. The highest BCUT2D eigenvalue weighted by atomic mass is 16.6. The molecule has 1 rings (SSSR count). The van der Waals surface area contributed by atoms with E-state index in [0.717, 1.165) is 19.4 Å². The van der Waals surface area contributed by atoms with Gasteiger partial charge in [0.2, 0.25) is 0 Å². The lowest BCUT2D eigenvalue weighted by Crippen LogP contribution is -2.27. The molecule has 0 aromatic rings. The van der Waals surface area contributed by atoms with Gasteiger partial charge in [0, 0.05) is 6.61 Å². The van der Waals surface area contributed by atoms with E-state index in [4.69, 9.17) is 9.47 Å². The van der Waals surface area contributed by atoms with E-state index in [1.165, 1.54) is 6.42 Å². The zero-order valence-corrected chi connectivity index (χ0v) is 10.0. The molecule has 0 bridgehead atoms. The number of hydrogen-bond donors (Lipinski definition) is 0. The van der Waals surface area contributed by atoms with E-state index in [0.29, 0.717) is 13.0 Å². The van der Waals surface area contributed by atoms with Crippen LogP contribution in [0.4, 0.5) is 0 Å². The molecule has 3 nitrogen and oxygen atoms in total. The summed E-state index contributed by atoms with van der Waals surface area (Å²) in [6, 6.07) is 0. The number of esters is 1. The van der Waals surface area contributed by atoms with Crippen molar-refractivity contribution >= 4 is 5.97 Å². The second-order valence-corrected chi connectivity index (χ2v) is 5.41. The molecule has 1 unspecified atom stereocenters. The Morgan fingerprint density at radius 3 is 2.67 bits per heavy atom. The van der Waals surface area contributed by atoms with E-state index in [1.807, 2.05) is 20.8 Å². The number of carbonyl (C=O) groups excluding carboxylic acids is 1. The Labute approximate surface area is 92.1 Å². The summed E-state index contributed by atoms with van der Waals surface area (Å²) in [5.41, 5.74) is 0.00447. The number of carbonyl (C=O) groups is 1. The molecule has 0 aromatic carbocycles. The predicted octanol–water partition coefficient (Wildman–Crippen LogP) is 2.53. The molecule has 1 aliphatic rings. The van der Waals surface area contributed by atoms with Gasteiger partial charge in [0.25, 0.3) is 0 Å². The van der Waals surface area contributed by atoms with Crippen LogP contribution in [0.25, 0.3) is 0 Å². The van der Waals surface area contributed by atoms with Gasteiger partial charge in [0.1, 0.15) is 6.61 Å². The van der Waals surface area contributed by atoms with E-state index in [-0.39, 0.29) is 17.5 Å². The minimum absolute atomic E-state index is 0.00447. The minimum Gasteiger partial charge on any atom is -0.463 e. The molecule has 1 aliphatic heterocycles. The van der Waals surface area contributed by atoms with E-state index >= 15 is 0 Å². The van der Waals surface area contributed by atoms with Crippen LogP contribution in [0.3, 0.4) is 0 Å². The minimum atomic E-state index is -0.114. The van der Waals surface area contributed by atoms with Crippen molar-refractivity contribution in [3.63, 3.8) is 0 Å². The predicted molar refractivity (Wildman–Crippen MR) is 58.6 cm³/mol. The molecule has 0 spiro atoms. The third-order valence-electron chi connectivity index (χ3n) is 2.38. The first kappa shape index (κ1) is 12.5. The quantitative estimate of drug-likeness (QED) is 0.677. The summed E-state index contributed by atoms with van der Waals surface area (Å²) in [4.78, 5) is 11.4. The lowest BCUT2D eigenvalue weighted by Gasteiger charge is -2.23. The molecule has 3 heteroatoms. The molecule has 1 heterocycles. The maximum atomic E-state index is 11.4. The van der Waals surface area contributed by atoms with Crippen molar-refractivity contribution in [1.29, 1.82) is 0 Å². The molecule has 88 valence electrons. The fraction of sp³-hybridized carbons (Fsp3) is 0.917. The molecule has 0 aliphatic carbocycles. The summed E-state index contributed by atoms with van der Waals surface area (Å²) in [6.07, 6.45) is 3.93. The molecule has 0 saturated carbocycles. The molecule has 0 amide bonds. The van der Waals surface area contributed by atoms with Crippen LogP contribution in [-0.2, 0) is 14.3 Å². The molecule has 1 atom stereocenters. The third kappa shape index (κ3) is 5.78. The number of ether oxygens (including phenoxy) is 2. The molecular weight excluding hydrogens is 192 g/mol. The first-order valence-electron chi connectivity index (χ1n) is 5.74. The SMILES string of the molecule is CC(C)(C)CC(=O)OCC1CCCCO1. The van der Waals surface area contributed by atoms with Crippen LogP contribution in [0.2, 0.25) is 0 Å². The Morgan fingerprint density at radius 1 is 1.40 bits per heavy atom. The smallest absolute Gasteiger partial charge is 0.306 e. The van der Waals surface area contributed by atoms with Crippen molar-refractivity contribution in [1.82, 2.24) is 0 Å². The summed E-state index contributed by atoms with van der Waals surface area (Å²) >= 11 is 0. The van der Waals surface area contributed by atoms with Gasteiger partial charge < -0.3 is 9.47 Å². The molecule has 0 N–H and O–H groups in total. The molecule has 0 radical (unpaired) electrons. The van der Waals surface area contributed by atoms with Gasteiger partial charge >= 0.3 is 5.97 Å². The summed E-state index contributed by atoms with van der Waals surface area (Å²) in [5, 5.41) is 0. The normalized spacial score (nSPS) is 22.5. The average molecular weight is 214 g/mol. The highest BCUT2D eigenvalue weighted by Crippen LogP contribution is 2.19. The molecule has 0 aromatic heterocycles. The molecule has 15 heavy (non-hydrogen) atoms. The Morgan fingerprint density at radius 2 is 2.13 bits per heavy atom. The zero-order chi connectivity index (χ0) is 11.3. The van der Waals surface area contributed by atoms with Crippen LogP contribution in [0.1, 0.15) is 46.5 Å². The monoisotopic (exact) mass is 214 g/mol. The standard InChI is InChI=1S/C12H22O3/c1-12(2,3)8-11(13)15-9-10-6-4-5-7-14-10/h10H,4-9H2,1-3H3. The highest BCUT2D eigenvalue weighted by Gasteiger charge is 2.19. The van der Waals surface area contributed by atoms with Gasteiger partial charge in [-0.3, -0.25) is 4.79 Å². The van der Waals surface area contributed by atoms with Crippen LogP contribution >= 0.6 is 0 Å². The topological polar surface area (TPSA) is 35.5 Å². The molecule has 1 saturated heterocycles. The van der Waals surface area contributed by atoms with E-state index < -0.39 is 0 Å². The Kier molecular flexibility index (Phi) is 4.58. The zero-order valence-electron chi connectivity index (χ0n) is 10.0. The van der Waals surface area contributed by atoms with E-state index in [2.05, 4.69) is 0 Å². The second-order valence-electron chi connectivity index (χ2n) is 5.41. The first-order valence-corrected chi connectivity index (χ1v) is 5.74. The number of hydrogen-bond acceptors (Lipinski definition) is 3. The summed E-state index contributed by atoms with van der Waals surface area (Å²) in [6.45, 7) is 7.33. The van der Waals surface area contributed by atoms with Crippen molar-refractivity contribution in [3.8, 4) is 0 Å². The van der Waals surface area contributed by atoms with Gasteiger partial charge in [-0.1, -0.05) is 20.8 Å². The van der Waals surface area contributed by atoms with Crippen LogP contribution in [-0.4, -0.2) is 25.3 Å². The van der Waals surface area contributed by atoms with Gasteiger partial charge in [-0.15, -0.1) is 0 Å². The van der Waals surface area contributed by atoms with Crippen molar-refractivity contribution in [2.24, 2.45) is 5.41 Å². The van der Waals surface area contributed by atoms with E-state index in [9.17, 15) is 4.79 Å². The Hall–Kier alpha value is -0.570. The lowest BCUT2D eigenvalue weighted by atomic mass is 9.92. The first-order chi connectivity index (χ1) is 6.97. The van der Waals surface area contributed by atoms with Gasteiger partial charge in [0.05, 0.1) is 12.5 Å². The largest absolute Gasteiger partial charge is 0.463 e.